The van der Waals surface area contributed by atoms with Gasteiger partial charge in [0, 0.05) is 13.1 Å². The Morgan fingerprint density at radius 2 is 2.00 bits per heavy atom. The molecule has 0 saturated carbocycles. The second-order valence-electron chi connectivity index (χ2n) is 1.87. The van der Waals surface area contributed by atoms with E-state index in [0.717, 1.165) is 24.1 Å². The fraction of sp³-hybridized carbons (Fsp3) is 1.00. The van der Waals surface area contributed by atoms with Crippen molar-refractivity contribution in [3.63, 3.8) is 0 Å². The van der Waals surface area contributed by atoms with E-state index >= 15 is 0 Å². The van der Waals surface area contributed by atoms with Crippen molar-refractivity contribution in [2.24, 2.45) is 0 Å². The van der Waals surface area contributed by atoms with Gasteiger partial charge in [0.15, 0.2) is 0 Å². The van der Waals surface area contributed by atoms with Gasteiger partial charge in [0.2, 0.25) is 0 Å². The molecule has 0 aliphatic heterocycles. The molecule has 0 aliphatic rings. The summed E-state index contributed by atoms with van der Waals surface area (Å²) in [6, 6.07) is 0. The zero-order valence-electron chi connectivity index (χ0n) is 7.46. The lowest BCUT2D eigenvalue weighted by molar-refractivity contribution is 0.763. The summed E-state index contributed by atoms with van der Waals surface area (Å²) in [5.41, 5.74) is 0. The zero-order valence-corrected chi connectivity index (χ0v) is 10.7. The third-order valence-corrected chi connectivity index (χ3v) is 4.40. The molecule has 0 spiro atoms. The van der Waals surface area contributed by atoms with Gasteiger partial charge in [0.05, 0.1) is 11.0 Å². The van der Waals surface area contributed by atoms with Crippen molar-refractivity contribution in [1.29, 1.82) is 0 Å². The van der Waals surface area contributed by atoms with E-state index in [2.05, 4.69) is 22.6 Å². The molecule has 0 atom stereocenters. The molecular formula is C6H16N2S4. The quantitative estimate of drug-likeness (QED) is 0.279. The molecule has 0 aromatic heterocycles. The number of thioether (sulfide) groups is 1. The van der Waals surface area contributed by atoms with Crippen LogP contribution < -0.4 is 10.0 Å². The number of nitrogens with one attached hydrogen (secondary N) is 2. The second kappa shape index (κ2) is 12.3. The molecule has 0 aromatic carbocycles. The minimum atomic E-state index is 1.04. The van der Waals surface area contributed by atoms with Crippen molar-refractivity contribution in [1.82, 2.24) is 10.0 Å². The summed E-state index contributed by atoms with van der Waals surface area (Å²) in [7, 11) is 3.64. The van der Waals surface area contributed by atoms with Crippen molar-refractivity contribution >= 4 is 45.3 Å². The maximum Gasteiger partial charge on any atom is 0.0534 e. The third-order valence-electron chi connectivity index (χ3n) is 0.962. The van der Waals surface area contributed by atoms with Gasteiger partial charge < -0.3 is 5.32 Å². The van der Waals surface area contributed by atoms with Crippen LogP contribution in [-0.2, 0) is 0 Å². The van der Waals surface area contributed by atoms with Crippen LogP contribution in [0.15, 0.2) is 0 Å². The van der Waals surface area contributed by atoms with Crippen LogP contribution in [0, 0.1) is 0 Å². The van der Waals surface area contributed by atoms with Gasteiger partial charge in [-0.2, -0.15) is 11.8 Å². The molecule has 74 valence electrons. The van der Waals surface area contributed by atoms with Gasteiger partial charge in [0.1, 0.15) is 0 Å². The fourth-order valence-corrected chi connectivity index (χ4v) is 2.49. The largest absolute Gasteiger partial charge is 0.306 e. The first-order valence-corrected chi connectivity index (χ1v) is 8.72. The molecule has 2 N–H and O–H groups in total. The van der Waals surface area contributed by atoms with Crippen LogP contribution in [-0.4, -0.2) is 36.6 Å². The Bertz CT molecular complexity index is 73.9. The molecular weight excluding hydrogens is 228 g/mol. The van der Waals surface area contributed by atoms with Crippen molar-refractivity contribution in [3.8, 4) is 0 Å². The van der Waals surface area contributed by atoms with E-state index in [0.29, 0.717) is 0 Å². The van der Waals surface area contributed by atoms with Gasteiger partial charge in [-0.1, -0.05) is 33.5 Å². The van der Waals surface area contributed by atoms with Crippen LogP contribution in [0.3, 0.4) is 0 Å². The van der Waals surface area contributed by atoms with Crippen LogP contribution in [0.4, 0.5) is 0 Å². The molecule has 0 fully saturated rings. The minimum Gasteiger partial charge on any atom is -0.306 e. The maximum absolute atomic E-state index is 3.32. The second-order valence-corrected chi connectivity index (χ2v) is 6.54. The summed E-state index contributed by atoms with van der Waals surface area (Å²) in [5, 5.41) is 4.45. The van der Waals surface area contributed by atoms with Gasteiger partial charge in [-0.15, -0.1) is 0 Å². The van der Waals surface area contributed by atoms with Crippen molar-refractivity contribution in [3.05, 3.63) is 0 Å². The van der Waals surface area contributed by atoms with E-state index in [4.69, 9.17) is 0 Å². The first-order valence-electron chi connectivity index (χ1n) is 3.61. The highest BCUT2D eigenvalue weighted by molar-refractivity contribution is 8.76. The molecule has 6 heteroatoms. The Morgan fingerprint density at radius 3 is 2.67 bits per heavy atom. The van der Waals surface area contributed by atoms with Crippen molar-refractivity contribution in [2.75, 3.05) is 36.6 Å². The third kappa shape index (κ3) is 11.3. The Labute approximate surface area is 91.7 Å². The molecule has 0 bridgehead atoms. The smallest absolute Gasteiger partial charge is 0.0534 e. The first-order chi connectivity index (χ1) is 5.91. The highest BCUT2D eigenvalue weighted by atomic mass is 33.1. The SMILES string of the molecule is CSCSNCCNCSSC. The Balaban J connectivity index is 2.73. The molecule has 2 nitrogen and oxygen atoms in total. The summed E-state index contributed by atoms with van der Waals surface area (Å²) < 4.78 is 3.28. The average molecular weight is 244 g/mol. The summed E-state index contributed by atoms with van der Waals surface area (Å²) in [5.74, 6) is 1.04. The van der Waals surface area contributed by atoms with Crippen LogP contribution in [0.25, 0.3) is 0 Å². The van der Waals surface area contributed by atoms with Crippen LogP contribution >= 0.6 is 45.3 Å². The molecule has 0 unspecified atom stereocenters. The molecule has 0 saturated heterocycles. The normalized spacial score (nSPS) is 10.5. The van der Waals surface area contributed by atoms with Crippen LogP contribution in [0.5, 0.6) is 0 Å². The molecule has 0 rings (SSSR count). The highest BCUT2D eigenvalue weighted by Gasteiger charge is 1.87. The van der Waals surface area contributed by atoms with Gasteiger partial charge in [-0.05, 0) is 12.5 Å². The molecule has 0 aromatic rings. The summed E-state index contributed by atoms with van der Waals surface area (Å²) in [4.78, 5) is 0. The van der Waals surface area contributed by atoms with Gasteiger partial charge in [0.25, 0.3) is 0 Å². The standard InChI is InChI=1S/C6H16N2S4/c1-9-6-11-8-4-3-7-5-12-10-2/h7-8H,3-6H2,1-2H3. The first kappa shape index (κ1) is 13.3. The number of hydrogen-bond donors (Lipinski definition) is 2. The lowest BCUT2D eigenvalue weighted by Gasteiger charge is -2.03. The van der Waals surface area contributed by atoms with E-state index in [1.807, 2.05) is 22.6 Å². The molecule has 0 aliphatic carbocycles. The fourth-order valence-electron chi connectivity index (χ4n) is 0.485. The lowest BCUT2D eigenvalue weighted by Crippen LogP contribution is -2.23. The maximum atomic E-state index is 3.32. The van der Waals surface area contributed by atoms with Crippen molar-refractivity contribution in [2.45, 2.75) is 0 Å². The predicted molar refractivity (Wildman–Crippen MR) is 68.0 cm³/mol. The van der Waals surface area contributed by atoms with Gasteiger partial charge >= 0.3 is 0 Å². The lowest BCUT2D eigenvalue weighted by atomic mass is 10.7. The minimum absolute atomic E-state index is 1.04. The van der Waals surface area contributed by atoms with E-state index in [1.165, 1.54) is 0 Å². The van der Waals surface area contributed by atoms with Gasteiger partial charge in [-0.3, -0.25) is 4.72 Å². The van der Waals surface area contributed by atoms with Crippen molar-refractivity contribution < 1.29 is 0 Å². The van der Waals surface area contributed by atoms with E-state index in [-0.39, 0.29) is 0 Å². The Morgan fingerprint density at radius 1 is 1.17 bits per heavy atom. The summed E-state index contributed by atoms with van der Waals surface area (Å²) in [6.45, 7) is 2.09. The topological polar surface area (TPSA) is 24.1 Å². The van der Waals surface area contributed by atoms with Crippen LogP contribution in [0.2, 0.25) is 0 Å². The van der Waals surface area contributed by atoms with E-state index in [9.17, 15) is 0 Å². The zero-order chi connectivity index (χ0) is 9.07. The Hall–Kier alpha value is 1.32. The van der Waals surface area contributed by atoms with E-state index in [1.54, 1.807) is 22.7 Å². The molecule has 0 heterocycles. The van der Waals surface area contributed by atoms with Gasteiger partial charge in [-0.25, -0.2) is 0 Å². The Kier molecular flexibility index (Phi) is 13.7. The molecule has 12 heavy (non-hydrogen) atoms. The van der Waals surface area contributed by atoms with E-state index < -0.39 is 0 Å². The summed E-state index contributed by atoms with van der Waals surface area (Å²) in [6.07, 6.45) is 4.21. The summed E-state index contributed by atoms with van der Waals surface area (Å²) >= 11 is 3.62. The van der Waals surface area contributed by atoms with Crippen LogP contribution in [0.1, 0.15) is 0 Å². The predicted octanol–water partition coefficient (Wildman–Crippen LogP) is 2.10. The average Bonchev–Trinajstić information content (AvgIpc) is 2.10. The number of rotatable bonds is 9. The number of hydrogen-bond acceptors (Lipinski definition) is 6. The molecule has 0 amide bonds. The molecule has 0 radical (unpaired) electrons. The highest BCUT2D eigenvalue weighted by Crippen LogP contribution is 2.13. The monoisotopic (exact) mass is 244 g/mol.